The van der Waals surface area contributed by atoms with Crippen LogP contribution in [0, 0.1) is 19.8 Å². The fraction of sp³-hybridized carbons (Fsp3) is 0.588. The fourth-order valence-corrected chi connectivity index (χ4v) is 1.39. The Morgan fingerprint density at radius 2 is 1.74 bits per heavy atom. The Morgan fingerprint density at radius 1 is 1.13 bits per heavy atom. The van der Waals surface area contributed by atoms with Gasteiger partial charge < -0.3 is 10.4 Å². The second-order valence-electron chi connectivity index (χ2n) is 5.31. The molecular weight excluding hydrogens is 290 g/mol. The molecule has 6 heteroatoms. The first-order chi connectivity index (χ1) is 10.9. The number of nitrogens with one attached hydrogen (secondary N) is 2. The van der Waals surface area contributed by atoms with Crippen LogP contribution in [0.15, 0.2) is 12.1 Å². The summed E-state index contributed by atoms with van der Waals surface area (Å²) < 4.78 is 0. The molecule has 0 saturated carbocycles. The smallest absolute Gasteiger partial charge is 0.153 e. The van der Waals surface area contributed by atoms with Crippen LogP contribution in [0.1, 0.15) is 58.3 Å². The molecule has 0 fully saturated rings. The zero-order valence-corrected chi connectivity index (χ0v) is 15.4. The van der Waals surface area contributed by atoms with E-state index in [1.165, 1.54) is 6.42 Å². The van der Waals surface area contributed by atoms with Gasteiger partial charge in [-0.2, -0.15) is 5.10 Å². The molecule has 0 bridgehead atoms. The topological polar surface area (TPSA) is 86.7 Å². The summed E-state index contributed by atoms with van der Waals surface area (Å²) in [5.74, 6) is 2.82. The second kappa shape index (κ2) is 11.6. The predicted molar refractivity (Wildman–Crippen MR) is 95.8 cm³/mol. The average molecular weight is 321 g/mol. The fourth-order valence-electron chi connectivity index (χ4n) is 1.39. The maximum Gasteiger partial charge on any atom is 0.153 e. The van der Waals surface area contributed by atoms with Gasteiger partial charge in [0.1, 0.15) is 11.6 Å². The van der Waals surface area contributed by atoms with Gasteiger partial charge >= 0.3 is 0 Å². The molecule has 6 nitrogen and oxygen atoms in total. The van der Waals surface area contributed by atoms with Gasteiger partial charge in [0.15, 0.2) is 5.82 Å². The molecule has 2 aromatic rings. The van der Waals surface area contributed by atoms with E-state index in [-0.39, 0.29) is 6.61 Å². The van der Waals surface area contributed by atoms with E-state index in [1.807, 2.05) is 26.8 Å². The summed E-state index contributed by atoms with van der Waals surface area (Å²) in [6, 6.07) is 3.56. The van der Waals surface area contributed by atoms with Gasteiger partial charge in [-0.25, -0.2) is 9.97 Å². The van der Waals surface area contributed by atoms with E-state index >= 15 is 0 Å². The van der Waals surface area contributed by atoms with Crippen LogP contribution in [0.5, 0.6) is 0 Å². The maximum atomic E-state index is 9.02. The average Bonchev–Trinajstić information content (AvgIpc) is 2.94. The van der Waals surface area contributed by atoms with E-state index < -0.39 is 0 Å². The standard InChI is InChI=1S/C10H13N5O.C5H12.C2H6/c1-6-3-10(15-14-6)13-9-4-8(5-16)11-7(2)12-9;1-4-5(2)3;1-2/h3-4,16H,5H2,1-2H3,(H2,11,12,13,14,15);5H,4H2,1-3H3;1-2H3. The zero-order valence-electron chi connectivity index (χ0n) is 15.4. The summed E-state index contributed by atoms with van der Waals surface area (Å²) in [6.45, 7) is 14.2. The Hall–Kier alpha value is -1.95. The van der Waals surface area contributed by atoms with Crippen LogP contribution < -0.4 is 5.32 Å². The quantitative estimate of drug-likeness (QED) is 0.788. The largest absolute Gasteiger partial charge is 0.390 e. The van der Waals surface area contributed by atoms with Crippen LogP contribution in [-0.2, 0) is 6.61 Å². The van der Waals surface area contributed by atoms with Crippen molar-refractivity contribution in [1.82, 2.24) is 20.2 Å². The van der Waals surface area contributed by atoms with E-state index in [1.54, 1.807) is 13.0 Å². The molecule has 0 amide bonds. The normalized spacial score (nSPS) is 9.61. The molecule has 0 atom stereocenters. The first-order valence-corrected chi connectivity index (χ1v) is 8.19. The van der Waals surface area contributed by atoms with Gasteiger partial charge in [-0.05, 0) is 19.8 Å². The van der Waals surface area contributed by atoms with Crippen LogP contribution in [-0.4, -0.2) is 25.3 Å². The van der Waals surface area contributed by atoms with E-state index in [9.17, 15) is 0 Å². The minimum atomic E-state index is -0.0996. The lowest BCUT2D eigenvalue weighted by Gasteiger charge is -2.04. The van der Waals surface area contributed by atoms with Crippen molar-refractivity contribution in [1.29, 1.82) is 0 Å². The summed E-state index contributed by atoms with van der Waals surface area (Å²) in [6.07, 6.45) is 1.31. The summed E-state index contributed by atoms with van der Waals surface area (Å²) in [7, 11) is 0. The third-order valence-electron chi connectivity index (χ3n) is 2.83. The summed E-state index contributed by atoms with van der Waals surface area (Å²) in [5, 5.41) is 18.9. The van der Waals surface area contributed by atoms with E-state index in [2.05, 4.69) is 46.3 Å². The number of hydrogen-bond donors (Lipinski definition) is 3. The number of aryl methyl sites for hydroxylation is 2. The first kappa shape index (κ1) is 21.0. The minimum Gasteiger partial charge on any atom is -0.390 e. The molecule has 0 spiro atoms. The van der Waals surface area contributed by atoms with Crippen molar-refractivity contribution < 1.29 is 5.11 Å². The molecule has 23 heavy (non-hydrogen) atoms. The van der Waals surface area contributed by atoms with Crippen LogP contribution >= 0.6 is 0 Å². The van der Waals surface area contributed by atoms with Gasteiger partial charge in [-0.15, -0.1) is 0 Å². The second-order valence-corrected chi connectivity index (χ2v) is 5.31. The van der Waals surface area contributed by atoms with Crippen LogP contribution in [0.2, 0.25) is 0 Å². The molecule has 0 radical (unpaired) electrons. The van der Waals surface area contributed by atoms with Crippen molar-refractivity contribution in [2.24, 2.45) is 5.92 Å². The van der Waals surface area contributed by atoms with Gasteiger partial charge in [0.2, 0.25) is 0 Å². The number of hydrogen-bond acceptors (Lipinski definition) is 5. The van der Waals surface area contributed by atoms with Crippen molar-refractivity contribution in [2.75, 3.05) is 5.32 Å². The molecule has 3 N–H and O–H groups in total. The Labute approximate surface area is 139 Å². The molecule has 0 aromatic carbocycles. The highest BCUT2D eigenvalue weighted by Gasteiger charge is 2.03. The van der Waals surface area contributed by atoms with Gasteiger partial charge in [0, 0.05) is 17.8 Å². The molecular formula is C17H31N5O. The molecule has 0 aliphatic heterocycles. The number of aliphatic hydroxyl groups is 1. The van der Waals surface area contributed by atoms with Gasteiger partial charge in [-0.1, -0.05) is 41.0 Å². The SMILES string of the molecule is CC.CCC(C)C.Cc1nc(CO)cc(Nc2cc(C)[nH]n2)n1. The molecule has 2 heterocycles. The third kappa shape index (κ3) is 8.93. The zero-order chi connectivity index (χ0) is 17.8. The predicted octanol–water partition coefficient (Wildman–Crippen LogP) is 4.13. The summed E-state index contributed by atoms with van der Waals surface area (Å²) in [4.78, 5) is 8.27. The molecule has 0 unspecified atom stereocenters. The van der Waals surface area contributed by atoms with Gasteiger partial charge in [0.05, 0.1) is 12.3 Å². The summed E-state index contributed by atoms with van der Waals surface area (Å²) >= 11 is 0. The number of aromatic amines is 1. The number of aromatic nitrogens is 4. The van der Waals surface area contributed by atoms with Crippen LogP contribution in [0.25, 0.3) is 0 Å². The minimum absolute atomic E-state index is 0.0996. The third-order valence-corrected chi connectivity index (χ3v) is 2.83. The lowest BCUT2D eigenvalue weighted by molar-refractivity contribution is 0.276. The number of aliphatic hydroxyl groups excluding tert-OH is 1. The monoisotopic (exact) mass is 321 g/mol. The first-order valence-electron chi connectivity index (χ1n) is 8.19. The molecule has 0 aliphatic rings. The van der Waals surface area contributed by atoms with Crippen LogP contribution in [0.4, 0.5) is 11.6 Å². The molecule has 0 saturated heterocycles. The molecule has 130 valence electrons. The number of H-pyrrole nitrogens is 1. The lowest BCUT2D eigenvalue weighted by atomic mass is 10.2. The molecule has 0 aliphatic carbocycles. The van der Waals surface area contributed by atoms with Crippen molar-refractivity contribution in [3.8, 4) is 0 Å². The van der Waals surface area contributed by atoms with E-state index in [4.69, 9.17) is 5.11 Å². The Morgan fingerprint density at radius 3 is 2.17 bits per heavy atom. The van der Waals surface area contributed by atoms with E-state index in [0.717, 1.165) is 11.6 Å². The Bertz CT molecular complexity index is 552. The van der Waals surface area contributed by atoms with Gasteiger partial charge in [0.25, 0.3) is 0 Å². The maximum absolute atomic E-state index is 9.02. The number of nitrogens with zero attached hydrogens (tertiary/aromatic N) is 3. The highest BCUT2D eigenvalue weighted by Crippen LogP contribution is 2.13. The van der Waals surface area contributed by atoms with Gasteiger partial charge in [-0.3, -0.25) is 5.10 Å². The van der Waals surface area contributed by atoms with Crippen molar-refractivity contribution in [3.05, 3.63) is 29.3 Å². The Balaban J connectivity index is 0.000000594. The highest BCUT2D eigenvalue weighted by atomic mass is 16.3. The summed E-state index contributed by atoms with van der Waals surface area (Å²) in [5.41, 5.74) is 1.55. The van der Waals surface area contributed by atoms with Crippen molar-refractivity contribution in [3.63, 3.8) is 0 Å². The Kier molecular flexibility index (Phi) is 10.6. The van der Waals surface area contributed by atoms with Crippen molar-refractivity contribution in [2.45, 2.75) is 61.5 Å². The van der Waals surface area contributed by atoms with Crippen LogP contribution in [0.3, 0.4) is 0 Å². The van der Waals surface area contributed by atoms with E-state index in [0.29, 0.717) is 23.2 Å². The lowest BCUT2D eigenvalue weighted by Crippen LogP contribution is -2.01. The number of anilines is 2. The number of rotatable bonds is 4. The molecule has 2 rings (SSSR count). The molecule has 2 aromatic heterocycles. The van der Waals surface area contributed by atoms with Crippen molar-refractivity contribution >= 4 is 11.6 Å². The highest BCUT2D eigenvalue weighted by molar-refractivity contribution is 5.51.